The van der Waals surface area contributed by atoms with Gasteiger partial charge < -0.3 is 5.32 Å². The van der Waals surface area contributed by atoms with Gasteiger partial charge in [-0.15, -0.1) is 0 Å². The second-order valence-electron chi connectivity index (χ2n) is 4.86. The minimum atomic E-state index is -0.191. The third-order valence-corrected chi connectivity index (χ3v) is 3.30. The monoisotopic (exact) mass is 241 g/mol. The van der Waals surface area contributed by atoms with E-state index in [4.69, 9.17) is 0 Å². The van der Waals surface area contributed by atoms with Crippen LogP contribution in [0.1, 0.15) is 18.4 Å². The molecule has 1 aliphatic rings. The lowest BCUT2D eigenvalue weighted by Crippen LogP contribution is -2.14. The number of rotatable bonds is 4. The lowest BCUT2D eigenvalue weighted by atomic mass is 10.0. The number of hydrogen-bond donors (Lipinski definition) is 1. The summed E-state index contributed by atoms with van der Waals surface area (Å²) >= 11 is 0. The topological polar surface area (TPSA) is 12.0 Å². The van der Waals surface area contributed by atoms with E-state index in [0.29, 0.717) is 0 Å². The Balaban J connectivity index is 1.71. The molecule has 2 aromatic carbocycles. The van der Waals surface area contributed by atoms with Crippen LogP contribution in [-0.4, -0.2) is 6.04 Å². The molecule has 0 atom stereocenters. The van der Waals surface area contributed by atoms with Crippen molar-refractivity contribution in [3.05, 3.63) is 59.9 Å². The lowest BCUT2D eigenvalue weighted by Gasteiger charge is -2.05. The van der Waals surface area contributed by atoms with E-state index in [2.05, 4.69) is 29.6 Å². The summed E-state index contributed by atoms with van der Waals surface area (Å²) < 4.78 is 12.8. The molecule has 0 amide bonds. The van der Waals surface area contributed by atoms with Gasteiger partial charge in [-0.2, -0.15) is 0 Å². The fourth-order valence-electron chi connectivity index (χ4n) is 2.01. The largest absolute Gasteiger partial charge is 0.310 e. The fourth-order valence-corrected chi connectivity index (χ4v) is 2.01. The van der Waals surface area contributed by atoms with Gasteiger partial charge in [-0.25, -0.2) is 4.39 Å². The highest BCUT2D eigenvalue weighted by molar-refractivity contribution is 5.63. The van der Waals surface area contributed by atoms with Crippen molar-refractivity contribution in [2.75, 3.05) is 0 Å². The lowest BCUT2D eigenvalue weighted by molar-refractivity contribution is 0.628. The molecular formula is C16H16FN. The van der Waals surface area contributed by atoms with Crippen molar-refractivity contribution in [1.82, 2.24) is 5.32 Å². The Hall–Kier alpha value is -1.67. The Morgan fingerprint density at radius 3 is 2.00 bits per heavy atom. The van der Waals surface area contributed by atoms with Gasteiger partial charge in [-0.05, 0) is 41.7 Å². The standard InChI is InChI=1S/C16H16FN/c17-15-7-5-14(6-8-15)13-3-1-12(2-4-13)11-18-16-9-10-16/h1-8,16,18H,9-11H2. The number of hydrogen-bond acceptors (Lipinski definition) is 1. The molecule has 18 heavy (non-hydrogen) atoms. The van der Waals surface area contributed by atoms with Crippen molar-refractivity contribution >= 4 is 0 Å². The van der Waals surface area contributed by atoms with Gasteiger partial charge in [0, 0.05) is 12.6 Å². The summed E-state index contributed by atoms with van der Waals surface area (Å²) in [5.74, 6) is -0.191. The van der Waals surface area contributed by atoms with E-state index >= 15 is 0 Å². The second-order valence-corrected chi connectivity index (χ2v) is 4.86. The van der Waals surface area contributed by atoms with Crippen molar-refractivity contribution in [2.45, 2.75) is 25.4 Å². The maximum Gasteiger partial charge on any atom is 0.123 e. The van der Waals surface area contributed by atoms with Crippen molar-refractivity contribution < 1.29 is 4.39 Å². The fraction of sp³-hybridized carbons (Fsp3) is 0.250. The predicted octanol–water partition coefficient (Wildman–Crippen LogP) is 3.74. The summed E-state index contributed by atoms with van der Waals surface area (Å²) in [6.07, 6.45) is 2.63. The van der Waals surface area contributed by atoms with Gasteiger partial charge in [0.15, 0.2) is 0 Å². The van der Waals surface area contributed by atoms with Crippen molar-refractivity contribution in [1.29, 1.82) is 0 Å². The zero-order valence-corrected chi connectivity index (χ0v) is 10.2. The molecule has 0 heterocycles. The molecule has 0 aliphatic heterocycles. The highest BCUT2D eigenvalue weighted by atomic mass is 19.1. The molecule has 2 heteroatoms. The molecule has 0 spiro atoms. The molecule has 3 rings (SSSR count). The molecule has 1 saturated carbocycles. The first-order valence-electron chi connectivity index (χ1n) is 6.39. The predicted molar refractivity (Wildman–Crippen MR) is 71.7 cm³/mol. The van der Waals surface area contributed by atoms with Crippen molar-refractivity contribution in [3.63, 3.8) is 0 Å². The number of nitrogens with one attached hydrogen (secondary N) is 1. The molecule has 0 radical (unpaired) electrons. The van der Waals surface area contributed by atoms with E-state index in [9.17, 15) is 4.39 Å². The molecule has 1 fully saturated rings. The molecule has 92 valence electrons. The molecule has 0 aromatic heterocycles. The molecule has 2 aromatic rings. The van der Waals surface area contributed by atoms with Crippen molar-refractivity contribution in [3.8, 4) is 11.1 Å². The van der Waals surface area contributed by atoms with Crippen LogP contribution in [-0.2, 0) is 6.54 Å². The second kappa shape index (κ2) is 4.91. The summed E-state index contributed by atoms with van der Waals surface area (Å²) in [6, 6.07) is 15.8. The molecule has 0 bridgehead atoms. The number of halogens is 1. The minimum Gasteiger partial charge on any atom is -0.310 e. The maximum absolute atomic E-state index is 12.8. The van der Waals surface area contributed by atoms with E-state index in [1.165, 1.54) is 30.5 Å². The van der Waals surface area contributed by atoms with Gasteiger partial charge in [-0.3, -0.25) is 0 Å². The first-order valence-corrected chi connectivity index (χ1v) is 6.39. The van der Waals surface area contributed by atoms with Crippen LogP contribution >= 0.6 is 0 Å². The van der Waals surface area contributed by atoms with Gasteiger partial charge in [-0.1, -0.05) is 36.4 Å². The SMILES string of the molecule is Fc1ccc(-c2ccc(CNC3CC3)cc2)cc1. The Morgan fingerprint density at radius 1 is 0.889 bits per heavy atom. The highest BCUT2D eigenvalue weighted by Crippen LogP contribution is 2.22. The summed E-state index contributed by atoms with van der Waals surface area (Å²) in [6.45, 7) is 0.939. The van der Waals surface area contributed by atoms with E-state index in [0.717, 1.165) is 23.7 Å². The Bertz CT molecular complexity index is 512. The average Bonchev–Trinajstić information content (AvgIpc) is 3.22. The van der Waals surface area contributed by atoms with Crippen LogP contribution < -0.4 is 5.32 Å². The normalized spacial score (nSPS) is 14.7. The third-order valence-electron chi connectivity index (χ3n) is 3.30. The van der Waals surface area contributed by atoms with E-state index < -0.39 is 0 Å². The molecule has 0 unspecified atom stereocenters. The van der Waals surface area contributed by atoms with Gasteiger partial charge >= 0.3 is 0 Å². The first kappa shape index (κ1) is 11.4. The molecule has 1 N–H and O–H groups in total. The zero-order chi connectivity index (χ0) is 12.4. The van der Waals surface area contributed by atoms with Crippen LogP contribution in [0.4, 0.5) is 4.39 Å². The first-order chi connectivity index (χ1) is 8.81. The van der Waals surface area contributed by atoms with Crippen LogP contribution in [0, 0.1) is 5.82 Å². The van der Waals surface area contributed by atoms with E-state index in [-0.39, 0.29) is 5.82 Å². The van der Waals surface area contributed by atoms with Gasteiger partial charge in [0.05, 0.1) is 0 Å². The smallest absolute Gasteiger partial charge is 0.123 e. The van der Waals surface area contributed by atoms with Crippen LogP contribution in [0.5, 0.6) is 0 Å². The summed E-state index contributed by atoms with van der Waals surface area (Å²) in [5, 5.41) is 3.49. The zero-order valence-electron chi connectivity index (χ0n) is 10.2. The quantitative estimate of drug-likeness (QED) is 0.859. The summed E-state index contributed by atoms with van der Waals surface area (Å²) in [5.41, 5.74) is 3.48. The minimum absolute atomic E-state index is 0.191. The van der Waals surface area contributed by atoms with E-state index in [1.54, 1.807) is 0 Å². The Kier molecular flexibility index (Phi) is 3.11. The number of benzene rings is 2. The average molecular weight is 241 g/mol. The summed E-state index contributed by atoms with van der Waals surface area (Å²) in [7, 11) is 0. The van der Waals surface area contributed by atoms with Gasteiger partial charge in [0.25, 0.3) is 0 Å². The van der Waals surface area contributed by atoms with Gasteiger partial charge in [0.1, 0.15) is 5.82 Å². The van der Waals surface area contributed by atoms with Crippen LogP contribution in [0.2, 0.25) is 0 Å². The third kappa shape index (κ3) is 2.77. The van der Waals surface area contributed by atoms with Crippen LogP contribution in [0.3, 0.4) is 0 Å². The molecule has 0 saturated heterocycles. The molecule has 1 nitrogen and oxygen atoms in total. The van der Waals surface area contributed by atoms with Crippen LogP contribution in [0.15, 0.2) is 48.5 Å². The van der Waals surface area contributed by atoms with Crippen molar-refractivity contribution in [2.24, 2.45) is 0 Å². The summed E-state index contributed by atoms with van der Waals surface area (Å²) in [4.78, 5) is 0. The molecular weight excluding hydrogens is 225 g/mol. The Labute approximate surface area is 107 Å². The van der Waals surface area contributed by atoms with Gasteiger partial charge in [0.2, 0.25) is 0 Å². The maximum atomic E-state index is 12.8. The van der Waals surface area contributed by atoms with E-state index in [1.807, 2.05) is 12.1 Å². The highest BCUT2D eigenvalue weighted by Gasteiger charge is 2.19. The van der Waals surface area contributed by atoms with Crippen LogP contribution in [0.25, 0.3) is 11.1 Å². The Morgan fingerprint density at radius 2 is 1.44 bits per heavy atom. The molecule has 1 aliphatic carbocycles.